The Balaban J connectivity index is 1.39. The molecular formula is C45H39NO3. The van der Waals surface area contributed by atoms with Crippen molar-refractivity contribution in [3.05, 3.63) is 167 Å². The minimum atomic E-state index is -0.916. The fraction of sp³-hybridized carbons (Fsp3) is 0.200. The second-order valence-corrected chi connectivity index (χ2v) is 13.8. The van der Waals surface area contributed by atoms with Crippen LogP contribution >= 0.6 is 0 Å². The Kier molecular flexibility index (Phi) is 6.93. The van der Waals surface area contributed by atoms with Gasteiger partial charge >= 0.3 is 0 Å². The second kappa shape index (κ2) is 11.4. The van der Waals surface area contributed by atoms with Crippen LogP contribution in [0.15, 0.2) is 133 Å². The van der Waals surface area contributed by atoms with Crippen LogP contribution in [0.1, 0.15) is 47.2 Å². The average molecular weight is 642 g/mol. The largest absolute Gasteiger partial charge is 0.496 e. The van der Waals surface area contributed by atoms with Gasteiger partial charge in [-0.05, 0) is 57.5 Å². The number of benzene rings is 6. The summed E-state index contributed by atoms with van der Waals surface area (Å²) in [6, 6.07) is 45.7. The van der Waals surface area contributed by atoms with E-state index in [2.05, 4.69) is 146 Å². The summed E-state index contributed by atoms with van der Waals surface area (Å²) in [5.41, 5.74) is 10.7. The van der Waals surface area contributed by atoms with Gasteiger partial charge in [0.1, 0.15) is 11.5 Å². The van der Waals surface area contributed by atoms with Gasteiger partial charge in [-0.15, -0.1) is 0 Å². The molecule has 0 radical (unpaired) electrons. The summed E-state index contributed by atoms with van der Waals surface area (Å²) in [4.78, 5) is 2.40. The van der Waals surface area contributed by atoms with Crippen molar-refractivity contribution < 1.29 is 14.2 Å². The standard InChI is InChI=1S/C45H39NO3/c1-44(2)38-19-11-9-18-36(38)40-34-16-7-8-17-35(34)43-41(42(40)44)37(33-15-10-12-20-39(33)47-3)29-45(49-43,30-13-5-4-6-14-30)31-21-23-32(24-22-31)46-25-27-48-28-26-46/h4-24,29H,25-28H2,1-3H3. The highest BCUT2D eigenvalue weighted by molar-refractivity contribution is 6.11. The van der Waals surface area contributed by atoms with Crippen molar-refractivity contribution in [1.82, 2.24) is 0 Å². The molecule has 49 heavy (non-hydrogen) atoms. The molecule has 1 aliphatic carbocycles. The van der Waals surface area contributed by atoms with Gasteiger partial charge in [-0.25, -0.2) is 0 Å². The third-order valence-electron chi connectivity index (χ3n) is 10.8. The molecule has 0 amide bonds. The average Bonchev–Trinajstić information content (AvgIpc) is 3.41. The van der Waals surface area contributed by atoms with Gasteiger partial charge < -0.3 is 19.1 Å². The van der Waals surface area contributed by atoms with Gasteiger partial charge in [0.05, 0.1) is 20.3 Å². The Morgan fingerprint density at radius 3 is 2.02 bits per heavy atom. The van der Waals surface area contributed by atoms with Crippen LogP contribution < -0.4 is 14.4 Å². The zero-order valence-electron chi connectivity index (χ0n) is 28.2. The van der Waals surface area contributed by atoms with E-state index < -0.39 is 5.60 Å². The summed E-state index contributed by atoms with van der Waals surface area (Å²) in [6.07, 6.45) is 2.36. The Morgan fingerprint density at radius 2 is 1.27 bits per heavy atom. The van der Waals surface area contributed by atoms with E-state index in [1.165, 1.54) is 33.3 Å². The number of fused-ring (bicyclic) bond motifs is 8. The zero-order chi connectivity index (χ0) is 33.2. The van der Waals surface area contributed by atoms with Crippen LogP contribution in [0, 0.1) is 0 Å². The van der Waals surface area contributed by atoms with Gasteiger partial charge in [0, 0.05) is 51.8 Å². The third-order valence-corrected chi connectivity index (χ3v) is 10.8. The molecule has 4 heteroatoms. The fourth-order valence-corrected chi connectivity index (χ4v) is 8.48. The van der Waals surface area contributed by atoms with Crippen LogP contribution in [-0.4, -0.2) is 33.4 Å². The summed E-state index contributed by atoms with van der Waals surface area (Å²) >= 11 is 0. The van der Waals surface area contributed by atoms with E-state index >= 15 is 0 Å². The number of nitrogens with zero attached hydrogens (tertiary/aromatic N) is 1. The van der Waals surface area contributed by atoms with Crippen LogP contribution in [0.2, 0.25) is 0 Å². The number of hydrogen-bond donors (Lipinski definition) is 0. The van der Waals surface area contributed by atoms with E-state index in [9.17, 15) is 0 Å². The minimum Gasteiger partial charge on any atom is -0.496 e. The Labute approximate surface area is 288 Å². The summed E-state index contributed by atoms with van der Waals surface area (Å²) in [5, 5.41) is 2.31. The number of para-hydroxylation sites is 1. The number of rotatable bonds is 5. The maximum atomic E-state index is 7.68. The number of morpholine rings is 1. The zero-order valence-corrected chi connectivity index (χ0v) is 28.2. The molecule has 2 aliphatic heterocycles. The number of hydrogen-bond acceptors (Lipinski definition) is 4. The van der Waals surface area contributed by atoms with E-state index in [0.717, 1.165) is 71.0 Å². The van der Waals surface area contributed by atoms with Gasteiger partial charge in [0.2, 0.25) is 0 Å². The van der Waals surface area contributed by atoms with Crippen LogP contribution in [0.25, 0.3) is 27.5 Å². The first-order chi connectivity index (χ1) is 24.0. The molecule has 1 unspecified atom stereocenters. The summed E-state index contributed by atoms with van der Waals surface area (Å²) in [5.74, 6) is 1.74. The lowest BCUT2D eigenvalue weighted by Gasteiger charge is -2.41. The predicted molar refractivity (Wildman–Crippen MR) is 199 cm³/mol. The highest BCUT2D eigenvalue weighted by atomic mass is 16.5. The second-order valence-electron chi connectivity index (χ2n) is 13.8. The van der Waals surface area contributed by atoms with E-state index in [1.54, 1.807) is 7.11 Å². The third kappa shape index (κ3) is 4.47. The van der Waals surface area contributed by atoms with E-state index in [4.69, 9.17) is 14.2 Å². The minimum absolute atomic E-state index is 0.267. The molecule has 1 saturated heterocycles. The lowest BCUT2D eigenvalue weighted by atomic mass is 9.73. The highest BCUT2D eigenvalue weighted by Crippen LogP contribution is 2.60. The number of anilines is 1. The molecule has 0 spiro atoms. The smallest absolute Gasteiger partial charge is 0.178 e. The molecule has 242 valence electrons. The van der Waals surface area contributed by atoms with Crippen LogP contribution in [0.5, 0.6) is 11.5 Å². The number of ether oxygens (including phenoxy) is 3. The van der Waals surface area contributed by atoms with E-state index in [0.29, 0.717) is 0 Å². The topological polar surface area (TPSA) is 30.9 Å². The first kappa shape index (κ1) is 29.8. The SMILES string of the molecule is COc1ccccc1C1=CC(c2ccccc2)(c2ccc(N3CCOCC3)cc2)Oc2c1c1c(c3ccccc23)-c2ccccc2C1(C)C. The Bertz CT molecular complexity index is 2250. The van der Waals surface area contributed by atoms with Crippen LogP contribution in [0.3, 0.4) is 0 Å². The van der Waals surface area contributed by atoms with Gasteiger partial charge in [0.15, 0.2) is 5.60 Å². The Hall–Kier alpha value is -5.32. The van der Waals surface area contributed by atoms with Crippen molar-refractivity contribution in [1.29, 1.82) is 0 Å². The van der Waals surface area contributed by atoms with Crippen molar-refractivity contribution in [2.45, 2.75) is 24.9 Å². The molecule has 6 aromatic carbocycles. The van der Waals surface area contributed by atoms with Gasteiger partial charge in [0.25, 0.3) is 0 Å². The van der Waals surface area contributed by atoms with Crippen LogP contribution in [0.4, 0.5) is 5.69 Å². The maximum Gasteiger partial charge on any atom is 0.178 e. The van der Waals surface area contributed by atoms with Crippen molar-refractivity contribution in [2.24, 2.45) is 0 Å². The molecule has 1 atom stereocenters. The van der Waals surface area contributed by atoms with Gasteiger partial charge in [-0.2, -0.15) is 0 Å². The predicted octanol–water partition coefficient (Wildman–Crippen LogP) is 9.76. The molecule has 2 heterocycles. The molecule has 9 rings (SSSR count). The van der Waals surface area contributed by atoms with E-state index in [1.807, 2.05) is 6.07 Å². The molecule has 0 aromatic heterocycles. The van der Waals surface area contributed by atoms with Crippen molar-refractivity contribution >= 4 is 22.0 Å². The van der Waals surface area contributed by atoms with Crippen LogP contribution in [-0.2, 0) is 15.8 Å². The quantitative estimate of drug-likeness (QED) is 0.188. The van der Waals surface area contributed by atoms with Crippen molar-refractivity contribution in [2.75, 3.05) is 38.3 Å². The molecule has 1 fully saturated rings. The van der Waals surface area contributed by atoms with Crippen molar-refractivity contribution in [3.63, 3.8) is 0 Å². The molecule has 0 N–H and O–H groups in total. The molecule has 0 saturated carbocycles. The molecule has 4 nitrogen and oxygen atoms in total. The first-order valence-electron chi connectivity index (χ1n) is 17.2. The number of methoxy groups -OCH3 is 1. The maximum absolute atomic E-state index is 7.68. The Morgan fingerprint density at radius 1 is 0.633 bits per heavy atom. The molecule has 0 bridgehead atoms. The summed E-state index contributed by atoms with van der Waals surface area (Å²) < 4.78 is 19.4. The molecule has 3 aliphatic rings. The fourth-order valence-electron chi connectivity index (χ4n) is 8.48. The van der Waals surface area contributed by atoms with Gasteiger partial charge in [-0.1, -0.05) is 123 Å². The van der Waals surface area contributed by atoms with E-state index in [-0.39, 0.29) is 5.41 Å². The molecule has 6 aromatic rings. The van der Waals surface area contributed by atoms with Gasteiger partial charge in [-0.3, -0.25) is 0 Å². The highest BCUT2D eigenvalue weighted by Gasteiger charge is 2.46. The normalized spacial score (nSPS) is 19.0. The summed E-state index contributed by atoms with van der Waals surface area (Å²) in [7, 11) is 1.76. The summed E-state index contributed by atoms with van der Waals surface area (Å²) in [6.45, 7) is 7.99. The molecular weight excluding hydrogens is 602 g/mol. The monoisotopic (exact) mass is 641 g/mol. The first-order valence-corrected chi connectivity index (χ1v) is 17.2. The van der Waals surface area contributed by atoms with Crippen molar-refractivity contribution in [3.8, 4) is 22.6 Å². The lowest BCUT2D eigenvalue weighted by molar-refractivity contribution is 0.122. The lowest BCUT2D eigenvalue weighted by Crippen LogP contribution is -2.37.